The lowest BCUT2D eigenvalue weighted by atomic mass is 10.2. The van der Waals surface area contributed by atoms with E-state index >= 15 is 0 Å². The molecule has 3 aromatic rings. The van der Waals surface area contributed by atoms with Gasteiger partial charge in [-0.15, -0.1) is 0 Å². The van der Waals surface area contributed by atoms with Gasteiger partial charge in [0.2, 0.25) is 5.75 Å². The Morgan fingerprint density at radius 3 is 2.27 bits per heavy atom. The molecule has 10 heteroatoms. The normalized spacial score (nSPS) is 10.3. The second kappa shape index (κ2) is 9.34. The van der Waals surface area contributed by atoms with Gasteiger partial charge in [0.25, 0.3) is 5.69 Å². The SMILES string of the molecule is COc1cc(CNNc2ccccc2)ccc1Oc1ccc([N+](=O)[O-])cc1[N+](=O)[O-]. The first-order valence-electron chi connectivity index (χ1n) is 8.79. The number of non-ortho nitro benzene ring substituents is 1. The number of hydrogen-bond acceptors (Lipinski definition) is 8. The monoisotopic (exact) mass is 410 g/mol. The number of anilines is 1. The first kappa shape index (κ1) is 20.6. The highest BCUT2D eigenvalue weighted by Crippen LogP contribution is 2.38. The number of para-hydroxylation sites is 1. The summed E-state index contributed by atoms with van der Waals surface area (Å²) in [6.45, 7) is 0.475. The highest BCUT2D eigenvalue weighted by atomic mass is 16.6. The summed E-state index contributed by atoms with van der Waals surface area (Å²) < 4.78 is 11.0. The van der Waals surface area contributed by atoms with Gasteiger partial charge >= 0.3 is 5.69 Å². The molecule has 0 bridgehead atoms. The predicted molar refractivity (Wildman–Crippen MR) is 110 cm³/mol. The predicted octanol–water partition coefficient (Wildman–Crippen LogP) is 4.42. The lowest BCUT2D eigenvalue weighted by Crippen LogP contribution is -2.20. The minimum absolute atomic E-state index is 0.125. The third-order valence-corrected chi connectivity index (χ3v) is 4.10. The second-order valence-corrected chi connectivity index (χ2v) is 6.10. The van der Waals surface area contributed by atoms with Crippen molar-refractivity contribution in [2.45, 2.75) is 6.54 Å². The molecule has 0 spiro atoms. The van der Waals surface area contributed by atoms with Crippen LogP contribution in [0.25, 0.3) is 0 Å². The summed E-state index contributed by atoms with van der Waals surface area (Å²) in [4.78, 5) is 20.7. The summed E-state index contributed by atoms with van der Waals surface area (Å²) in [5.74, 6) is 0.483. The molecule has 0 atom stereocenters. The van der Waals surface area contributed by atoms with Crippen molar-refractivity contribution in [3.05, 3.63) is 92.5 Å². The molecule has 0 fully saturated rings. The minimum atomic E-state index is -0.734. The number of nitrogens with one attached hydrogen (secondary N) is 2. The van der Waals surface area contributed by atoms with Gasteiger partial charge in [0.15, 0.2) is 11.5 Å². The summed E-state index contributed by atoms with van der Waals surface area (Å²) in [5.41, 5.74) is 7.03. The number of hydrogen-bond donors (Lipinski definition) is 2. The zero-order chi connectivity index (χ0) is 21.5. The molecule has 0 saturated carbocycles. The van der Waals surface area contributed by atoms with E-state index in [-0.39, 0.29) is 11.5 Å². The molecule has 0 aromatic heterocycles. The van der Waals surface area contributed by atoms with Gasteiger partial charge in [-0.1, -0.05) is 24.3 Å². The van der Waals surface area contributed by atoms with E-state index in [0.29, 0.717) is 12.3 Å². The van der Waals surface area contributed by atoms with Crippen molar-refractivity contribution in [3.63, 3.8) is 0 Å². The van der Waals surface area contributed by atoms with Gasteiger partial charge in [-0.3, -0.25) is 20.2 Å². The van der Waals surface area contributed by atoms with Crippen LogP contribution < -0.4 is 20.3 Å². The molecular weight excluding hydrogens is 392 g/mol. The van der Waals surface area contributed by atoms with Gasteiger partial charge in [0.05, 0.1) is 23.0 Å². The first-order valence-corrected chi connectivity index (χ1v) is 8.79. The maximum Gasteiger partial charge on any atom is 0.318 e. The van der Waals surface area contributed by atoms with Gasteiger partial charge in [-0.05, 0) is 35.9 Å². The summed E-state index contributed by atoms with van der Waals surface area (Å²) in [7, 11) is 1.45. The van der Waals surface area contributed by atoms with Crippen molar-refractivity contribution in [1.29, 1.82) is 0 Å². The summed E-state index contributed by atoms with van der Waals surface area (Å²) in [6.07, 6.45) is 0. The van der Waals surface area contributed by atoms with E-state index in [1.807, 2.05) is 30.3 Å². The topological polar surface area (TPSA) is 129 Å². The molecule has 3 rings (SSSR count). The van der Waals surface area contributed by atoms with Crippen molar-refractivity contribution < 1.29 is 19.3 Å². The number of hydrazine groups is 1. The minimum Gasteiger partial charge on any atom is -0.493 e. The highest BCUT2D eigenvalue weighted by molar-refractivity contribution is 5.56. The summed E-state index contributed by atoms with van der Waals surface area (Å²) in [6, 6.07) is 17.9. The lowest BCUT2D eigenvalue weighted by molar-refractivity contribution is -0.394. The Morgan fingerprint density at radius 2 is 1.60 bits per heavy atom. The third kappa shape index (κ3) is 5.00. The van der Waals surface area contributed by atoms with Gasteiger partial charge in [0, 0.05) is 18.3 Å². The Hall–Kier alpha value is -4.18. The number of nitro groups is 2. The van der Waals surface area contributed by atoms with Crippen molar-refractivity contribution in [3.8, 4) is 17.2 Å². The molecular formula is C20H18N4O6. The van der Waals surface area contributed by atoms with Gasteiger partial charge < -0.3 is 14.9 Å². The number of nitro benzene ring substituents is 2. The molecule has 0 radical (unpaired) electrons. The molecule has 30 heavy (non-hydrogen) atoms. The Balaban J connectivity index is 1.75. The van der Waals surface area contributed by atoms with Gasteiger partial charge in [0.1, 0.15) is 0 Å². The number of methoxy groups -OCH3 is 1. The third-order valence-electron chi connectivity index (χ3n) is 4.10. The van der Waals surface area contributed by atoms with Gasteiger partial charge in [-0.2, -0.15) is 0 Å². The Morgan fingerprint density at radius 1 is 0.867 bits per heavy atom. The zero-order valence-electron chi connectivity index (χ0n) is 15.9. The standard InChI is InChI=1S/C20H18N4O6/c1-29-20-11-14(13-21-22-15-5-3-2-4-6-15)7-9-19(20)30-18-10-8-16(23(25)26)12-17(18)24(27)28/h2-12,21-22H,13H2,1H3. The molecule has 0 aliphatic carbocycles. The van der Waals surface area contributed by atoms with Crippen LogP contribution in [0.15, 0.2) is 66.7 Å². The van der Waals surface area contributed by atoms with Crippen LogP contribution in [0.4, 0.5) is 17.1 Å². The number of benzene rings is 3. The van der Waals surface area contributed by atoms with E-state index in [0.717, 1.165) is 23.4 Å². The summed E-state index contributed by atoms with van der Waals surface area (Å²) >= 11 is 0. The fraction of sp³-hybridized carbons (Fsp3) is 0.100. The maximum absolute atomic E-state index is 11.3. The molecule has 0 aliphatic heterocycles. The van der Waals surface area contributed by atoms with Crippen LogP contribution in [0, 0.1) is 20.2 Å². The van der Waals surface area contributed by atoms with Crippen LogP contribution >= 0.6 is 0 Å². The van der Waals surface area contributed by atoms with Crippen LogP contribution in [0.3, 0.4) is 0 Å². The van der Waals surface area contributed by atoms with E-state index in [2.05, 4.69) is 10.9 Å². The van der Waals surface area contributed by atoms with E-state index in [9.17, 15) is 20.2 Å². The largest absolute Gasteiger partial charge is 0.493 e. The molecule has 0 aliphatic rings. The molecule has 10 nitrogen and oxygen atoms in total. The maximum atomic E-state index is 11.3. The Labute approximate surface area is 171 Å². The Bertz CT molecular complexity index is 1060. The zero-order valence-corrected chi connectivity index (χ0v) is 15.9. The number of rotatable bonds is 9. The lowest BCUT2D eigenvalue weighted by Gasteiger charge is -2.13. The van der Waals surface area contributed by atoms with E-state index in [4.69, 9.17) is 9.47 Å². The van der Waals surface area contributed by atoms with Crippen LogP contribution in [0.1, 0.15) is 5.56 Å². The molecule has 0 unspecified atom stereocenters. The average molecular weight is 410 g/mol. The van der Waals surface area contributed by atoms with E-state index in [1.165, 1.54) is 13.2 Å². The molecule has 0 amide bonds. The average Bonchev–Trinajstić information content (AvgIpc) is 2.75. The highest BCUT2D eigenvalue weighted by Gasteiger charge is 2.22. The van der Waals surface area contributed by atoms with Gasteiger partial charge in [-0.25, -0.2) is 5.43 Å². The quantitative estimate of drug-likeness (QED) is 0.392. The number of nitrogens with zero attached hydrogens (tertiary/aromatic N) is 2. The number of ether oxygens (including phenoxy) is 2. The summed E-state index contributed by atoms with van der Waals surface area (Å²) in [5, 5.41) is 22.2. The van der Waals surface area contributed by atoms with Crippen LogP contribution in [0.5, 0.6) is 17.2 Å². The van der Waals surface area contributed by atoms with Crippen molar-refractivity contribution >= 4 is 17.1 Å². The molecule has 154 valence electrons. The van der Waals surface area contributed by atoms with Crippen LogP contribution in [-0.2, 0) is 6.54 Å². The molecule has 0 heterocycles. The van der Waals surface area contributed by atoms with Crippen molar-refractivity contribution in [2.75, 3.05) is 12.5 Å². The van der Waals surface area contributed by atoms with Crippen LogP contribution in [-0.4, -0.2) is 17.0 Å². The molecule has 3 aromatic carbocycles. The smallest absolute Gasteiger partial charge is 0.318 e. The van der Waals surface area contributed by atoms with E-state index < -0.39 is 21.2 Å². The van der Waals surface area contributed by atoms with Crippen molar-refractivity contribution in [2.24, 2.45) is 0 Å². The second-order valence-electron chi connectivity index (χ2n) is 6.10. The molecule has 2 N–H and O–H groups in total. The van der Waals surface area contributed by atoms with Crippen molar-refractivity contribution in [1.82, 2.24) is 5.43 Å². The first-order chi connectivity index (χ1) is 14.5. The van der Waals surface area contributed by atoms with Crippen LogP contribution in [0.2, 0.25) is 0 Å². The van der Waals surface area contributed by atoms with E-state index in [1.54, 1.807) is 18.2 Å². The fourth-order valence-electron chi connectivity index (χ4n) is 2.64. The fourth-order valence-corrected chi connectivity index (χ4v) is 2.64. The molecule has 0 saturated heterocycles. The Kier molecular flexibility index (Phi) is 6.40.